The van der Waals surface area contributed by atoms with Crippen molar-refractivity contribution in [1.82, 2.24) is 24.5 Å². The van der Waals surface area contributed by atoms with Crippen LogP contribution in [0.5, 0.6) is 0 Å². The van der Waals surface area contributed by atoms with Gasteiger partial charge in [-0.2, -0.15) is 14.6 Å². The van der Waals surface area contributed by atoms with Crippen molar-refractivity contribution in [3.05, 3.63) is 23.8 Å². The van der Waals surface area contributed by atoms with Gasteiger partial charge in [0.15, 0.2) is 0 Å². The predicted octanol–water partition coefficient (Wildman–Crippen LogP) is 3.35. The normalized spacial score (nSPS) is 22.3. The molecule has 4 rings (SSSR count). The fraction of sp³-hybridized carbons (Fsp3) is 0.667. The van der Waals surface area contributed by atoms with E-state index in [-0.39, 0.29) is 29.2 Å². The highest BCUT2D eigenvalue weighted by atomic mass is 19.3. The summed E-state index contributed by atoms with van der Waals surface area (Å²) in [5.41, 5.74) is 0.389. The minimum Gasteiger partial charge on any atom is -0.342 e. The molecule has 0 spiro atoms. The molecule has 1 aliphatic carbocycles. The maximum absolute atomic E-state index is 13.4. The van der Waals surface area contributed by atoms with Crippen LogP contribution < -0.4 is 0 Å². The summed E-state index contributed by atoms with van der Waals surface area (Å²) >= 11 is 0. The molecule has 2 aromatic heterocycles. The van der Waals surface area contributed by atoms with Gasteiger partial charge in [0.25, 0.3) is 12.2 Å². The summed E-state index contributed by atoms with van der Waals surface area (Å²) < 4.78 is 27.9. The van der Waals surface area contributed by atoms with E-state index in [0.717, 1.165) is 49.6 Å². The average molecular weight is 363 g/mol. The lowest BCUT2D eigenvalue weighted by molar-refractivity contribution is -0.137. The van der Waals surface area contributed by atoms with Gasteiger partial charge in [-0.05, 0) is 31.7 Å². The Bertz CT molecular complexity index is 787. The van der Waals surface area contributed by atoms with E-state index >= 15 is 0 Å². The van der Waals surface area contributed by atoms with E-state index in [2.05, 4.69) is 15.1 Å². The lowest BCUT2D eigenvalue weighted by atomic mass is 9.86. The molecule has 3 heterocycles. The van der Waals surface area contributed by atoms with Crippen molar-refractivity contribution in [2.24, 2.45) is 5.92 Å². The van der Waals surface area contributed by atoms with Gasteiger partial charge < -0.3 is 4.90 Å². The zero-order valence-corrected chi connectivity index (χ0v) is 14.7. The van der Waals surface area contributed by atoms with Crippen LogP contribution in [0.1, 0.15) is 68.7 Å². The van der Waals surface area contributed by atoms with Crippen molar-refractivity contribution in [3.8, 4) is 0 Å². The Hall–Kier alpha value is -2.12. The van der Waals surface area contributed by atoms with Gasteiger partial charge in [-0.15, -0.1) is 0 Å². The molecule has 0 N–H and O–H groups in total. The van der Waals surface area contributed by atoms with Crippen molar-refractivity contribution in [2.45, 2.75) is 57.3 Å². The second-order valence-electron chi connectivity index (χ2n) is 7.34. The number of likely N-dealkylation sites (tertiary alicyclic amines) is 1. The quantitative estimate of drug-likeness (QED) is 0.839. The van der Waals surface area contributed by atoms with Gasteiger partial charge in [0.2, 0.25) is 5.91 Å². The lowest BCUT2D eigenvalue weighted by Gasteiger charge is -2.35. The monoisotopic (exact) mass is 363 g/mol. The highest BCUT2D eigenvalue weighted by Gasteiger charge is 2.31. The first-order valence-electron chi connectivity index (χ1n) is 9.41. The summed E-state index contributed by atoms with van der Waals surface area (Å²) in [6.45, 7) is 1.30. The minimum absolute atomic E-state index is 0.0320. The Balaban J connectivity index is 1.56. The smallest absolute Gasteiger partial charge is 0.280 e. The number of aromatic nitrogens is 4. The van der Waals surface area contributed by atoms with Crippen molar-refractivity contribution in [3.63, 3.8) is 0 Å². The standard InChI is InChI=1S/C18H23F2N5O/c19-16(20)15-9-14(23-18-21-11-22-25(15)18)13-7-4-8-24(10-13)17(26)12-5-2-1-3-6-12/h9,11-13,16H,1-8,10H2/t13-/m1/s1. The number of alkyl halides is 2. The molecule has 140 valence electrons. The molecule has 1 atom stereocenters. The number of carbonyl (C=O) groups excluding carboxylic acids is 1. The second kappa shape index (κ2) is 7.25. The van der Waals surface area contributed by atoms with Gasteiger partial charge in [-0.25, -0.2) is 13.8 Å². The van der Waals surface area contributed by atoms with E-state index in [4.69, 9.17) is 0 Å². The molecule has 2 aliphatic rings. The van der Waals surface area contributed by atoms with Gasteiger partial charge in [0.1, 0.15) is 12.0 Å². The molecule has 2 aromatic rings. The van der Waals surface area contributed by atoms with Gasteiger partial charge in [-0.3, -0.25) is 4.79 Å². The van der Waals surface area contributed by atoms with Crippen LogP contribution in [0.3, 0.4) is 0 Å². The number of rotatable bonds is 3. The Kier molecular flexibility index (Phi) is 4.82. The van der Waals surface area contributed by atoms with Crippen LogP contribution in [0.25, 0.3) is 5.78 Å². The zero-order valence-electron chi connectivity index (χ0n) is 14.7. The zero-order chi connectivity index (χ0) is 18.1. The predicted molar refractivity (Wildman–Crippen MR) is 90.9 cm³/mol. The maximum Gasteiger partial charge on any atom is 0.280 e. The molecule has 1 saturated carbocycles. The van der Waals surface area contributed by atoms with Gasteiger partial charge in [-0.1, -0.05) is 19.3 Å². The Morgan fingerprint density at radius 1 is 1.15 bits per heavy atom. The minimum atomic E-state index is -2.65. The summed E-state index contributed by atoms with van der Waals surface area (Å²) in [6.07, 6.45) is 5.69. The molecule has 8 heteroatoms. The first-order valence-corrected chi connectivity index (χ1v) is 9.41. The number of nitrogens with zero attached hydrogens (tertiary/aromatic N) is 5. The SMILES string of the molecule is O=C(C1CCCCC1)N1CCC[C@@H](c2cc(C(F)F)n3ncnc3n2)C1. The molecule has 2 fully saturated rings. The van der Waals surface area contributed by atoms with Gasteiger partial charge in [0.05, 0.1) is 5.69 Å². The van der Waals surface area contributed by atoms with Gasteiger partial charge in [0, 0.05) is 24.9 Å². The van der Waals surface area contributed by atoms with Crippen LogP contribution in [0.4, 0.5) is 8.78 Å². The Morgan fingerprint density at radius 2 is 1.96 bits per heavy atom. The molecule has 26 heavy (non-hydrogen) atoms. The van der Waals surface area contributed by atoms with Crippen LogP contribution in [0.15, 0.2) is 12.4 Å². The number of halogens is 2. The lowest BCUT2D eigenvalue weighted by Crippen LogP contribution is -2.43. The van der Waals surface area contributed by atoms with E-state index in [0.29, 0.717) is 12.2 Å². The number of hydrogen-bond donors (Lipinski definition) is 0. The summed E-state index contributed by atoms with van der Waals surface area (Å²) in [5.74, 6) is 0.516. The van der Waals surface area contributed by atoms with Crippen molar-refractivity contribution in [2.75, 3.05) is 13.1 Å². The van der Waals surface area contributed by atoms with E-state index in [9.17, 15) is 13.6 Å². The third-order valence-corrected chi connectivity index (χ3v) is 5.63. The molecule has 0 unspecified atom stereocenters. The fourth-order valence-corrected chi connectivity index (χ4v) is 4.25. The van der Waals surface area contributed by atoms with E-state index in [1.54, 1.807) is 0 Å². The van der Waals surface area contributed by atoms with Crippen LogP contribution in [-0.4, -0.2) is 43.5 Å². The van der Waals surface area contributed by atoms with Crippen molar-refractivity contribution >= 4 is 11.7 Å². The molecule has 1 aliphatic heterocycles. The number of amides is 1. The van der Waals surface area contributed by atoms with Crippen LogP contribution in [0.2, 0.25) is 0 Å². The first kappa shape index (κ1) is 17.3. The Labute approximate surface area is 150 Å². The average Bonchev–Trinajstić information content (AvgIpc) is 3.16. The topological polar surface area (TPSA) is 63.4 Å². The van der Waals surface area contributed by atoms with Crippen LogP contribution in [0, 0.1) is 5.92 Å². The van der Waals surface area contributed by atoms with E-state index in [1.807, 2.05) is 4.90 Å². The Morgan fingerprint density at radius 3 is 2.73 bits per heavy atom. The third-order valence-electron chi connectivity index (χ3n) is 5.63. The van der Waals surface area contributed by atoms with Crippen LogP contribution in [-0.2, 0) is 4.79 Å². The highest BCUT2D eigenvalue weighted by molar-refractivity contribution is 5.79. The summed E-state index contributed by atoms with van der Waals surface area (Å²) in [6, 6.07) is 1.42. The van der Waals surface area contributed by atoms with E-state index < -0.39 is 6.43 Å². The number of carbonyl (C=O) groups is 1. The van der Waals surface area contributed by atoms with Crippen molar-refractivity contribution in [1.29, 1.82) is 0 Å². The molecule has 0 aromatic carbocycles. The third kappa shape index (κ3) is 3.29. The highest BCUT2D eigenvalue weighted by Crippen LogP contribution is 2.31. The molecular formula is C18H23F2N5O. The second-order valence-corrected chi connectivity index (χ2v) is 7.34. The maximum atomic E-state index is 13.4. The summed E-state index contributed by atoms with van der Waals surface area (Å²) in [4.78, 5) is 23.2. The first-order chi connectivity index (χ1) is 12.6. The molecule has 1 amide bonds. The molecule has 6 nitrogen and oxygen atoms in total. The van der Waals surface area contributed by atoms with Crippen molar-refractivity contribution < 1.29 is 13.6 Å². The number of hydrogen-bond acceptors (Lipinski definition) is 4. The largest absolute Gasteiger partial charge is 0.342 e. The summed E-state index contributed by atoms with van der Waals surface area (Å²) in [5, 5.41) is 3.83. The number of piperidine rings is 1. The fourth-order valence-electron chi connectivity index (χ4n) is 4.25. The molecular weight excluding hydrogens is 340 g/mol. The van der Waals surface area contributed by atoms with Crippen LogP contribution >= 0.6 is 0 Å². The van der Waals surface area contributed by atoms with Gasteiger partial charge >= 0.3 is 0 Å². The number of fused-ring (bicyclic) bond motifs is 1. The summed E-state index contributed by atoms with van der Waals surface area (Å²) in [7, 11) is 0. The van der Waals surface area contributed by atoms with E-state index in [1.165, 1.54) is 18.8 Å². The molecule has 1 saturated heterocycles. The molecule has 0 bridgehead atoms. The molecule has 0 radical (unpaired) electrons.